The van der Waals surface area contributed by atoms with Crippen molar-refractivity contribution in [2.45, 2.75) is 26.4 Å². The number of guanidine groups is 1. The van der Waals surface area contributed by atoms with Gasteiger partial charge in [-0.25, -0.2) is 0 Å². The molecule has 0 radical (unpaired) electrons. The average molecular weight is 454 g/mol. The maximum atomic E-state index is 5.96. The van der Waals surface area contributed by atoms with Gasteiger partial charge in [0.2, 0.25) is 0 Å². The lowest BCUT2D eigenvalue weighted by Gasteiger charge is -2.18. The Morgan fingerprint density at radius 1 is 1.20 bits per heavy atom. The summed E-state index contributed by atoms with van der Waals surface area (Å²) in [5, 5.41) is 6.60. The monoisotopic (exact) mass is 454 g/mol. The number of aromatic nitrogens is 1. The van der Waals surface area contributed by atoms with Gasteiger partial charge in [0.1, 0.15) is 11.9 Å². The maximum absolute atomic E-state index is 5.96. The van der Waals surface area contributed by atoms with Crippen LogP contribution in [0.2, 0.25) is 0 Å². The minimum absolute atomic E-state index is 0. The Morgan fingerprint density at radius 2 is 2.00 bits per heavy atom. The Morgan fingerprint density at radius 3 is 2.68 bits per heavy atom. The van der Waals surface area contributed by atoms with E-state index < -0.39 is 0 Å². The summed E-state index contributed by atoms with van der Waals surface area (Å²) >= 11 is 0. The highest BCUT2D eigenvalue weighted by Gasteiger charge is 2.07. The highest BCUT2D eigenvalue weighted by molar-refractivity contribution is 14.0. The first-order valence-corrected chi connectivity index (χ1v) is 8.24. The first kappa shape index (κ1) is 21.2. The molecule has 0 amide bonds. The van der Waals surface area contributed by atoms with Gasteiger partial charge < -0.3 is 15.4 Å². The first-order valence-electron chi connectivity index (χ1n) is 8.24. The number of nitrogens with zero attached hydrogens (tertiary/aromatic N) is 2. The molecular weight excluding hydrogens is 427 g/mol. The molecule has 0 aliphatic carbocycles. The van der Waals surface area contributed by atoms with Gasteiger partial charge >= 0.3 is 0 Å². The molecule has 25 heavy (non-hydrogen) atoms. The smallest absolute Gasteiger partial charge is 0.191 e. The van der Waals surface area contributed by atoms with E-state index in [9.17, 15) is 0 Å². The zero-order chi connectivity index (χ0) is 17.2. The fourth-order valence-electron chi connectivity index (χ4n) is 2.28. The van der Waals surface area contributed by atoms with Crippen LogP contribution in [0.4, 0.5) is 0 Å². The van der Waals surface area contributed by atoms with Crippen LogP contribution in [0.3, 0.4) is 0 Å². The summed E-state index contributed by atoms with van der Waals surface area (Å²) in [5.41, 5.74) is 2.35. The van der Waals surface area contributed by atoms with Gasteiger partial charge in [0.15, 0.2) is 5.96 Å². The fraction of sp³-hybridized carbons (Fsp3) is 0.368. The zero-order valence-corrected chi connectivity index (χ0v) is 17.4. The normalized spacial score (nSPS) is 12.0. The van der Waals surface area contributed by atoms with E-state index in [0.717, 1.165) is 30.2 Å². The number of aliphatic imine (C=N–C) groups is 1. The summed E-state index contributed by atoms with van der Waals surface area (Å²) in [7, 11) is 1.77. The Hall–Kier alpha value is -1.83. The predicted molar refractivity (Wildman–Crippen MR) is 114 cm³/mol. The molecule has 0 saturated carbocycles. The average Bonchev–Trinajstić information content (AvgIpc) is 2.61. The van der Waals surface area contributed by atoms with Gasteiger partial charge in [-0.15, -0.1) is 24.0 Å². The van der Waals surface area contributed by atoms with Crippen molar-refractivity contribution in [3.8, 4) is 5.75 Å². The molecule has 1 unspecified atom stereocenters. The third-order valence-electron chi connectivity index (χ3n) is 3.63. The number of nitrogens with one attached hydrogen (secondary N) is 2. The summed E-state index contributed by atoms with van der Waals surface area (Å²) in [6.45, 7) is 5.58. The number of halogens is 1. The number of hydrogen-bond acceptors (Lipinski definition) is 3. The summed E-state index contributed by atoms with van der Waals surface area (Å²) in [6, 6.07) is 12.1. The van der Waals surface area contributed by atoms with Crippen molar-refractivity contribution >= 4 is 29.9 Å². The lowest BCUT2D eigenvalue weighted by Crippen LogP contribution is -2.42. The van der Waals surface area contributed by atoms with E-state index >= 15 is 0 Å². The molecule has 0 fully saturated rings. The first-order chi connectivity index (χ1) is 11.7. The minimum atomic E-state index is 0. The number of pyridine rings is 1. The summed E-state index contributed by atoms with van der Waals surface area (Å²) in [4.78, 5) is 8.36. The minimum Gasteiger partial charge on any atom is -0.489 e. The van der Waals surface area contributed by atoms with E-state index in [4.69, 9.17) is 4.74 Å². The Kier molecular flexibility index (Phi) is 9.91. The molecule has 6 heteroatoms. The molecule has 0 spiro atoms. The van der Waals surface area contributed by atoms with Crippen molar-refractivity contribution in [1.82, 2.24) is 15.6 Å². The molecule has 0 bridgehead atoms. The lowest BCUT2D eigenvalue weighted by atomic mass is 10.2. The van der Waals surface area contributed by atoms with E-state index in [2.05, 4.69) is 39.7 Å². The molecule has 5 nitrogen and oxygen atoms in total. The third-order valence-corrected chi connectivity index (χ3v) is 3.63. The van der Waals surface area contributed by atoms with Gasteiger partial charge in [0.25, 0.3) is 0 Å². The van der Waals surface area contributed by atoms with Gasteiger partial charge in [-0.3, -0.25) is 9.98 Å². The molecule has 0 aliphatic rings. The van der Waals surface area contributed by atoms with E-state index in [1.807, 2.05) is 37.4 Å². The van der Waals surface area contributed by atoms with Gasteiger partial charge in [-0.1, -0.05) is 24.3 Å². The Balaban J connectivity index is 0.00000312. The van der Waals surface area contributed by atoms with Crippen molar-refractivity contribution in [2.24, 2.45) is 4.99 Å². The molecule has 136 valence electrons. The second-order valence-corrected chi connectivity index (χ2v) is 5.69. The van der Waals surface area contributed by atoms with Crippen LogP contribution >= 0.6 is 24.0 Å². The number of aryl methyl sites for hydroxylation is 1. The molecule has 0 saturated heterocycles. The molecule has 2 aromatic rings. The quantitative estimate of drug-likeness (QED) is 0.384. The Labute approximate surface area is 167 Å². The number of benzene rings is 1. The van der Waals surface area contributed by atoms with Crippen LogP contribution in [0.1, 0.15) is 18.1 Å². The van der Waals surface area contributed by atoms with Crippen molar-refractivity contribution < 1.29 is 4.74 Å². The molecule has 0 aliphatic heterocycles. The van der Waals surface area contributed by atoms with Gasteiger partial charge in [0, 0.05) is 26.0 Å². The van der Waals surface area contributed by atoms with Crippen molar-refractivity contribution in [1.29, 1.82) is 0 Å². The highest BCUT2D eigenvalue weighted by atomic mass is 127. The maximum Gasteiger partial charge on any atom is 0.191 e. The number of rotatable bonds is 7. The summed E-state index contributed by atoms with van der Waals surface area (Å²) in [6.07, 6.45) is 4.62. The van der Waals surface area contributed by atoms with Crippen molar-refractivity contribution in [3.05, 3.63) is 59.9 Å². The SMILES string of the molecule is CN=C(NCCc1cccnc1)NCC(C)Oc1ccccc1C.I. The Bertz CT molecular complexity index is 649. The standard InChI is InChI=1S/C19H26N4O.HI/c1-15-7-4-5-9-18(15)24-16(2)13-23-19(20-3)22-12-10-17-8-6-11-21-14-17;/h4-9,11,14,16H,10,12-13H2,1-3H3,(H2,20,22,23);1H. The molecule has 2 rings (SSSR count). The van der Waals surface area contributed by atoms with E-state index in [1.165, 1.54) is 5.56 Å². The van der Waals surface area contributed by atoms with Crippen molar-refractivity contribution in [3.63, 3.8) is 0 Å². The van der Waals surface area contributed by atoms with E-state index in [0.29, 0.717) is 6.54 Å². The zero-order valence-electron chi connectivity index (χ0n) is 15.0. The van der Waals surface area contributed by atoms with E-state index in [-0.39, 0.29) is 30.1 Å². The van der Waals surface area contributed by atoms with Gasteiger partial charge in [0.05, 0.1) is 6.54 Å². The second-order valence-electron chi connectivity index (χ2n) is 5.69. The van der Waals surface area contributed by atoms with Crippen LogP contribution in [-0.4, -0.2) is 37.2 Å². The van der Waals surface area contributed by atoms with Crippen molar-refractivity contribution in [2.75, 3.05) is 20.1 Å². The molecule has 1 aromatic carbocycles. The van der Waals surface area contributed by atoms with E-state index in [1.54, 1.807) is 13.2 Å². The van der Waals surface area contributed by atoms with Crippen LogP contribution in [0.5, 0.6) is 5.75 Å². The predicted octanol–water partition coefficient (Wildman–Crippen LogP) is 3.18. The van der Waals surface area contributed by atoms with Crippen LogP contribution in [0.25, 0.3) is 0 Å². The lowest BCUT2D eigenvalue weighted by molar-refractivity contribution is 0.222. The second kappa shape index (κ2) is 11.7. The number of ether oxygens (including phenoxy) is 1. The summed E-state index contributed by atoms with van der Waals surface area (Å²) < 4.78 is 5.96. The third kappa shape index (κ3) is 7.72. The van der Waals surface area contributed by atoms with Gasteiger partial charge in [-0.05, 0) is 43.5 Å². The van der Waals surface area contributed by atoms with Crippen LogP contribution in [-0.2, 0) is 6.42 Å². The molecule has 1 aromatic heterocycles. The van der Waals surface area contributed by atoms with Gasteiger partial charge in [-0.2, -0.15) is 0 Å². The number of para-hydroxylation sites is 1. The topological polar surface area (TPSA) is 58.5 Å². The highest BCUT2D eigenvalue weighted by Crippen LogP contribution is 2.17. The molecule has 2 N–H and O–H groups in total. The number of hydrogen-bond donors (Lipinski definition) is 2. The molecular formula is C19H27IN4O. The molecule has 1 atom stereocenters. The largest absolute Gasteiger partial charge is 0.489 e. The van der Waals surface area contributed by atoms with Crippen LogP contribution in [0.15, 0.2) is 53.8 Å². The fourth-order valence-corrected chi connectivity index (χ4v) is 2.28. The molecule has 1 heterocycles. The van der Waals surface area contributed by atoms with Crippen LogP contribution < -0.4 is 15.4 Å². The van der Waals surface area contributed by atoms with Crippen LogP contribution in [0, 0.1) is 6.92 Å². The summed E-state index contributed by atoms with van der Waals surface area (Å²) in [5.74, 6) is 1.70.